The second-order valence-corrected chi connectivity index (χ2v) is 6.30. The zero-order chi connectivity index (χ0) is 15.6. The zero-order valence-corrected chi connectivity index (χ0v) is 13.7. The lowest BCUT2D eigenvalue weighted by molar-refractivity contribution is 0.0607. The van der Waals surface area contributed by atoms with Gasteiger partial charge in [0, 0.05) is 4.88 Å². The van der Waals surface area contributed by atoms with Crippen molar-refractivity contribution >= 4 is 23.0 Å². The Hall–Kier alpha value is -1.81. The van der Waals surface area contributed by atoms with Crippen molar-refractivity contribution in [2.75, 3.05) is 12.8 Å². The van der Waals surface area contributed by atoms with Crippen molar-refractivity contribution in [2.24, 2.45) is 0 Å². The monoisotopic (exact) mass is 303 g/mol. The summed E-state index contributed by atoms with van der Waals surface area (Å²) in [5, 5.41) is 0. The van der Waals surface area contributed by atoms with Gasteiger partial charge >= 0.3 is 5.97 Å². The number of methoxy groups -OCH3 is 1. The lowest BCUT2D eigenvalue weighted by Gasteiger charge is -2.07. The molecule has 3 nitrogen and oxygen atoms in total. The minimum Gasteiger partial charge on any atom is -0.465 e. The van der Waals surface area contributed by atoms with E-state index in [-0.39, 0.29) is 5.97 Å². The number of rotatable bonds is 4. The molecule has 0 saturated carbocycles. The predicted molar refractivity (Wildman–Crippen MR) is 89.0 cm³/mol. The molecule has 0 atom stereocenters. The number of hydrogen-bond acceptors (Lipinski definition) is 4. The Kier molecular flexibility index (Phi) is 4.68. The van der Waals surface area contributed by atoms with Crippen LogP contribution in [0.1, 0.15) is 47.5 Å². The number of nitrogens with two attached hydrogens (primary N) is 1. The van der Waals surface area contributed by atoms with Crippen molar-refractivity contribution < 1.29 is 9.53 Å². The summed E-state index contributed by atoms with van der Waals surface area (Å²) in [6.45, 7) is 6.39. The van der Waals surface area contributed by atoms with Crippen LogP contribution >= 0.6 is 11.3 Å². The number of carbonyl (C=O) groups excluding carboxylic acids is 1. The lowest BCUT2D eigenvalue weighted by atomic mass is 10.00. The first-order valence-corrected chi connectivity index (χ1v) is 7.91. The maximum atomic E-state index is 11.8. The fourth-order valence-electron chi connectivity index (χ4n) is 2.33. The van der Waals surface area contributed by atoms with Gasteiger partial charge in [0.15, 0.2) is 0 Å². The van der Waals surface area contributed by atoms with Gasteiger partial charge in [0.1, 0.15) is 4.88 Å². The van der Waals surface area contributed by atoms with E-state index in [1.165, 1.54) is 24.0 Å². The van der Waals surface area contributed by atoms with E-state index in [9.17, 15) is 4.79 Å². The Morgan fingerprint density at radius 2 is 1.90 bits per heavy atom. The molecule has 0 bridgehead atoms. The first-order valence-electron chi connectivity index (χ1n) is 7.09. The van der Waals surface area contributed by atoms with Crippen LogP contribution in [0.2, 0.25) is 0 Å². The van der Waals surface area contributed by atoms with Crippen LogP contribution in [-0.2, 0) is 11.2 Å². The fraction of sp³-hybridized carbons (Fsp3) is 0.353. The van der Waals surface area contributed by atoms with Crippen LogP contribution in [0.5, 0.6) is 0 Å². The summed E-state index contributed by atoms with van der Waals surface area (Å²) in [5.74, 6) is 0.140. The molecule has 0 fully saturated rings. The average molecular weight is 303 g/mol. The molecule has 0 saturated heterocycles. The molecule has 1 heterocycles. The van der Waals surface area contributed by atoms with Crippen molar-refractivity contribution in [1.82, 2.24) is 0 Å². The highest BCUT2D eigenvalue weighted by atomic mass is 32.1. The molecule has 0 aliphatic carbocycles. The van der Waals surface area contributed by atoms with Gasteiger partial charge < -0.3 is 10.5 Å². The Balaban J connectivity index is 2.50. The molecule has 2 rings (SSSR count). The van der Waals surface area contributed by atoms with E-state index in [1.807, 2.05) is 6.92 Å². The van der Waals surface area contributed by atoms with Crippen LogP contribution < -0.4 is 5.73 Å². The van der Waals surface area contributed by atoms with Crippen molar-refractivity contribution in [1.29, 1.82) is 0 Å². The van der Waals surface area contributed by atoms with E-state index in [4.69, 9.17) is 10.5 Å². The van der Waals surface area contributed by atoms with Crippen LogP contribution in [0.25, 0.3) is 10.4 Å². The van der Waals surface area contributed by atoms with E-state index in [1.54, 1.807) is 0 Å². The van der Waals surface area contributed by atoms with Crippen LogP contribution in [0.15, 0.2) is 24.3 Å². The van der Waals surface area contributed by atoms with Gasteiger partial charge in [-0.2, -0.15) is 0 Å². The molecule has 2 aromatic rings. The standard InChI is InChI=1S/C17H21NO2S/c1-5-13-14(18)16(17(19)20-4)21-15(13)12-8-6-11(7-9-12)10(2)3/h6-10H,5,18H2,1-4H3. The number of esters is 1. The highest BCUT2D eigenvalue weighted by Gasteiger charge is 2.21. The van der Waals surface area contributed by atoms with Crippen LogP contribution in [0, 0.1) is 0 Å². The van der Waals surface area contributed by atoms with Gasteiger partial charge in [-0.1, -0.05) is 45.0 Å². The molecule has 112 valence electrons. The summed E-state index contributed by atoms with van der Waals surface area (Å²) in [6, 6.07) is 8.46. The van der Waals surface area contributed by atoms with Crippen LogP contribution in [0.4, 0.5) is 5.69 Å². The molecule has 0 spiro atoms. The van der Waals surface area contributed by atoms with E-state index >= 15 is 0 Å². The van der Waals surface area contributed by atoms with Gasteiger partial charge in [-0.3, -0.25) is 0 Å². The number of carbonyl (C=O) groups is 1. The van der Waals surface area contributed by atoms with Crippen molar-refractivity contribution in [3.63, 3.8) is 0 Å². The molecule has 2 N–H and O–H groups in total. The molecule has 4 heteroatoms. The van der Waals surface area contributed by atoms with E-state index in [0.717, 1.165) is 22.4 Å². The molecular weight excluding hydrogens is 282 g/mol. The normalized spacial score (nSPS) is 10.9. The van der Waals surface area contributed by atoms with E-state index in [2.05, 4.69) is 38.1 Å². The Bertz CT molecular complexity index is 642. The molecule has 0 radical (unpaired) electrons. The number of anilines is 1. The quantitative estimate of drug-likeness (QED) is 0.848. The third-order valence-electron chi connectivity index (χ3n) is 3.61. The van der Waals surface area contributed by atoms with Crippen LogP contribution in [0.3, 0.4) is 0 Å². The second kappa shape index (κ2) is 6.31. The number of thiophene rings is 1. The molecule has 1 aromatic carbocycles. The Labute approximate surface area is 129 Å². The maximum absolute atomic E-state index is 11.8. The first-order chi connectivity index (χ1) is 9.99. The summed E-state index contributed by atoms with van der Waals surface area (Å²) in [7, 11) is 1.38. The minimum absolute atomic E-state index is 0.364. The highest BCUT2D eigenvalue weighted by molar-refractivity contribution is 7.18. The number of benzene rings is 1. The highest BCUT2D eigenvalue weighted by Crippen LogP contribution is 2.39. The largest absolute Gasteiger partial charge is 0.465 e. The fourth-order valence-corrected chi connectivity index (χ4v) is 3.56. The van der Waals surface area contributed by atoms with Gasteiger partial charge in [-0.15, -0.1) is 11.3 Å². The topological polar surface area (TPSA) is 52.3 Å². The number of nitrogen functional groups attached to an aromatic ring is 1. The molecule has 0 amide bonds. The van der Waals surface area contributed by atoms with Crippen molar-refractivity contribution in [2.45, 2.75) is 33.1 Å². The molecular formula is C17H21NO2S. The lowest BCUT2D eigenvalue weighted by Crippen LogP contribution is -2.02. The van der Waals surface area contributed by atoms with Gasteiger partial charge in [-0.05, 0) is 29.0 Å². The molecule has 0 unspecified atom stereocenters. The van der Waals surface area contributed by atoms with Crippen molar-refractivity contribution in [3.8, 4) is 10.4 Å². The van der Waals surface area contributed by atoms with Gasteiger partial charge in [0.25, 0.3) is 0 Å². The Morgan fingerprint density at radius 3 is 2.38 bits per heavy atom. The van der Waals surface area contributed by atoms with Gasteiger partial charge in [0.2, 0.25) is 0 Å². The minimum atomic E-state index is -0.364. The summed E-state index contributed by atoms with van der Waals surface area (Å²) < 4.78 is 4.81. The average Bonchev–Trinajstić information content (AvgIpc) is 2.83. The smallest absolute Gasteiger partial charge is 0.350 e. The summed E-state index contributed by atoms with van der Waals surface area (Å²) >= 11 is 1.41. The number of hydrogen-bond donors (Lipinski definition) is 1. The van der Waals surface area contributed by atoms with E-state index < -0.39 is 0 Å². The molecule has 1 aromatic heterocycles. The number of ether oxygens (including phenoxy) is 1. The predicted octanol–water partition coefficient (Wildman–Crippen LogP) is 4.47. The third-order valence-corrected chi connectivity index (χ3v) is 4.89. The summed E-state index contributed by atoms with van der Waals surface area (Å²) in [4.78, 5) is 13.4. The third kappa shape index (κ3) is 2.95. The zero-order valence-electron chi connectivity index (χ0n) is 12.9. The van der Waals surface area contributed by atoms with Crippen LogP contribution in [-0.4, -0.2) is 13.1 Å². The van der Waals surface area contributed by atoms with Gasteiger partial charge in [-0.25, -0.2) is 4.79 Å². The molecule has 0 aliphatic heterocycles. The summed E-state index contributed by atoms with van der Waals surface area (Å²) in [5.41, 5.74) is 10.1. The molecule has 0 aliphatic rings. The second-order valence-electron chi connectivity index (χ2n) is 5.27. The Morgan fingerprint density at radius 1 is 1.29 bits per heavy atom. The maximum Gasteiger partial charge on any atom is 0.350 e. The summed E-state index contributed by atoms with van der Waals surface area (Å²) in [6.07, 6.45) is 0.792. The SMILES string of the molecule is CCc1c(-c2ccc(C(C)C)cc2)sc(C(=O)OC)c1N. The molecule has 21 heavy (non-hydrogen) atoms. The van der Waals surface area contributed by atoms with Crippen molar-refractivity contribution in [3.05, 3.63) is 40.3 Å². The first kappa shape index (κ1) is 15.6. The van der Waals surface area contributed by atoms with E-state index in [0.29, 0.717) is 16.5 Å². The van der Waals surface area contributed by atoms with Gasteiger partial charge in [0.05, 0.1) is 12.8 Å².